The second-order valence-electron chi connectivity index (χ2n) is 7.98. The molecule has 0 unspecified atom stereocenters. The Morgan fingerprint density at radius 2 is 1.79 bits per heavy atom. The molecule has 4 heteroatoms. The standard InChI is InChI=1S/C24H27FN2O/c1-26-17-22(21-4-2-3-5-23(21)26)24(28)11-8-18-12-14-27(15-13-18)16-19-6-9-20(25)10-7-19/h2-7,9-10,17-18H,8,11-16H2,1H3. The van der Waals surface area contributed by atoms with Crippen LogP contribution in [0.1, 0.15) is 41.6 Å². The SMILES string of the molecule is Cn1cc(C(=O)CCC2CCN(Cc3ccc(F)cc3)CC2)c2ccccc21. The predicted molar refractivity (Wildman–Crippen MR) is 111 cm³/mol. The maximum absolute atomic E-state index is 13.0. The summed E-state index contributed by atoms with van der Waals surface area (Å²) in [5.41, 5.74) is 3.12. The molecule has 0 N–H and O–H groups in total. The molecule has 0 aliphatic carbocycles. The van der Waals surface area contributed by atoms with E-state index in [9.17, 15) is 9.18 Å². The third-order valence-electron chi connectivity index (χ3n) is 6.00. The maximum Gasteiger partial charge on any atom is 0.165 e. The molecule has 28 heavy (non-hydrogen) atoms. The summed E-state index contributed by atoms with van der Waals surface area (Å²) in [6, 6.07) is 14.9. The van der Waals surface area contributed by atoms with Crippen LogP contribution in [0.5, 0.6) is 0 Å². The Morgan fingerprint density at radius 1 is 1.07 bits per heavy atom. The van der Waals surface area contributed by atoms with Crippen LogP contribution in [0.15, 0.2) is 54.7 Å². The lowest BCUT2D eigenvalue weighted by atomic mass is 9.90. The molecule has 1 aliphatic heterocycles. The lowest BCUT2D eigenvalue weighted by Crippen LogP contribution is -2.33. The second kappa shape index (κ2) is 8.27. The second-order valence-corrected chi connectivity index (χ2v) is 7.98. The number of ketones is 1. The molecular weight excluding hydrogens is 351 g/mol. The van der Waals surface area contributed by atoms with E-state index in [-0.39, 0.29) is 11.6 Å². The Balaban J connectivity index is 1.28. The van der Waals surface area contributed by atoms with Crippen molar-refractivity contribution in [2.45, 2.75) is 32.2 Å². The number of Topliss-reactive ketones (excluding diaryl/α,β-unsaturated/α-hetero) is 1. The van der Waals surface area contributed by atoms with Crippen LogP contribution in [0, 0.1) is 11.7 Å². The van der Waals surface area contributed by atoms with E-state index < -0.39 is 0 Å². The van der Waals surface area contributed by atoms with Gasteiger partial charge in [0.1, 0.15) is 5.82 Å². The Bertz CT molecular complexity index is 952. The molecule has 0 spiro atoms. The van der Waals surface area contributed by atoms with Crippen molar-refractivity contribution in [1.29, 1.82) is 0 Å². The summed E-state index contributed by atoms with van der Waals surface area (Å²) < 4.78 is 15.1. The molecule has 1 aliphatic rings. The fraction of sp³-hybridized carbons (Fsp3) is 0.375. The number of aromatic nitrogens is 1. The van der Waals surface area contributed by atoms with Crippen molar-refractivity contribution in [3.05, 3.63) is 71.7 Å². The van der Waals surface area contributed by atoms with Crippen molar-refractivity contribution >= 4 is 16.7 Å². The summed E-state index contributed by atoms with van der Waals surface area (Å²) in [5, 5.41) is 1.06. The molecule has 0 bridgehead atoms. The van der Waals surface area contributed by atoms with Gasteiger partial charge in [0, 0.05) is 42.7 Å². The number of nitrogens with zero attached hydrogens (tertiary/aromatic N) is 2. The molecule has 0 amide bonds. The molecule has 2 heterocycles. The zero-order chi connectivity index (χ0) is 19.5. The van der Waals surface area contributed by atoms with Crippen LogP contribution in [0.3, 0.4) is 0 Å². The molecule has 3 nitrogen and oxygen atoms in total. The van der Waals surface area contributed by atoms with Crippen LogP contribution in [-0.4, -0.2) is 28.3 Å². The van der Waals surface area contributed by atoms with Gasteiger partial charge in [-0.2, -0.15) is 0 Å². The van der Waals surface area contributed by atoms with Gasteiger partial charge in [0.15, 0.2) is 5.78 Å². The molecule has 1 saturated heterocycles. The Hall–Kier alpha value is -2.46. The summed E-state index contributed by atoms with van der Waals surface area (Å²) >= 11 is 0. The number of fused-ring (bicyclic) bond motifs is 1. The van der Waals surface area contributed by atoms with Crippen molar-refractivity contribution in [1.82, 2.24) is 9.47 Å². The number of likely N-dealkylation sites (tertiary alicyclic amines) is 1. The number of hydrogen-bond acceptors (Lipinski definition) is 2. The number of piperidine rings is 1. The highest BCUT2D eigenvalue weighted by Crippen LogP contribution is 2.26. The van der Waals surface area contributed by atoms with Gasteiger partial charge in [-0.25, -0.2) is 4.39 Å². The number of aryl methyl sites for hydroxylation is 1. The zero-order valence-electron chi connectivity index (χ0n) is 16.4. The molecule has 0 saturated carbocycles. The molecule has 3 aromatic rings. The van der Waals surface area contributed by atoms with Crippen LogP contribution in [0.2, 0.25) is 0 Å². The topological polar surface area (TPSA) is 25.2 Å². The summed E-state index contributed by atoms with van der Waals surface area (Å²) in [6.07, 6.45) is 5.81. The Morgan fingerprint density at radius 3 is 2.54 bits per heavy atom. The first kappa shape index (κ1) is 18.9. The van der Waals surface area contributed by atoms with E-state index in [4.69, 9.17) is 0 Å². The normalized spacial score (nSPS) is 15.9. The number of carbonyl (C=O) groups excluding carboxylic acids is 1. The highest BCUT2D eigenvalue weighted by atomic mass is 19.1. The van der Waals surface area contributed by atoms with Gasteiger partial charge < -0.3 is 4.57 Å². The number of halogens is 1. The first-order valence-corrected chi connectivity index (χ1v) is 10.1. The molecule has 1 fully saturated rings. The minimum absolute atomic E-state index is 0.182. The molecule has 4 rings (SSSR count). The number of benzene rings is 2. The van der Waals surface area contributed by atoms with E-state index >= 15 is 0 Å². The van der Waals surface area contributed by atoms with Crippen molar-refractivity contribution in [2.75, 3.05) is 13.1 Å². The third-order valence-corrected chi connectivity index (χ3v) is 6.00. The fourth-order valence-electron chi connectivity index (χ4n) is 4.32. The maximum atomic E-state index is 13.0. The molecule has 2 aromatic carbocycles. The first-order chi connectivity index (χ1) is 13.6. The molecule has 1 aromatic heterocycles. The minimum atomic E-state index is -0.182. The zero-order valence-corrected chi connectivity index (χ0v) is 16.4. The summed E-state index contributed by atoms with van der Waals surface area (Å²) in [4.78, 5) is 15.2. The van der Waals surface area contributed by atoms with Crippen molar-refractivity contribution < 1.29 is 9.18 Å². The van der Waals surface area contributed by atoms with Crippen molar-refractivity contribution in [3.63, 3.8) is 0 Å². The quantitative estimate of drug-likeness (QED) is 0.551. The summed E-state index contributed by atoms with van der Waals surface area (Å²) in [5.74, 6) is 0.687. The van der Waals surface area contributed by atoms with Gasteiger partial charge >= 0.3 is 0 Å². The van der Waals surface area contributed by atoms with Gasteiger partial charge in [0.25, 0.3) is 0 Å². The number of para-hydroxylation sites is 1. The monoisotopic (exact) mass is 378 g/mol. The summed E-state index contributed by atoms with van der Waals surface area (Å²) in [6.45, 7) is 2.97. The Labute approximate surface area is 165 Å². The average molecular weight is 378 g/mol. The molecular formula is C24H27FN2O. The van der Waals surface area contributed by atoms with Crippen molar-refractivity contribution in [2.24, 2.45) is 13.0 Å². The molecule has 0 atom stereocenters. The van der Waals surface area contributed by atoms with Crippen LogP contribution in [0.25, 0.3) is 10.9 Å². The first-order valence-electron chi connectivity index (χ1n) is 10.1. The van der Waals surface area contributed by atoms with Gasteiger partial charge in [-0.1, -0.05) is 30.3 Å². The minimum Gasteiger partial charge on any atom is -0.350 e. The lowest BCUT2D eigenvalue weighted by molar-refractivity contribution is 0.0963. The van der Waals surface area contributed by atoms with Crippen LogP contribution < -0.4 is 0 Å². The van der Waals surface area contributed by atoms with Gasteiger partial charge in [0.2, 0.25) is 0 Å². The highest BCUT2D eigenvalue weighted by Gasteiger charge is 2.21. The predicted octanol–water partition coefficient (Wildman–Crippen LogP) is 5.19. The molecule has 0 radical (unpaired) electrons. The third kappa shape index (κ3) is 4.17. The van der Waals surface area contributed by atoms with Gasteiger partial charge in [-0.05, 0) is 62.0 Å². The van der Waals surface area contributed by atoms with E-state index in [1.54, 1.807) is 0 Å². The van der Waals surface area contributed by atoms with E-state index in [0.29, 0.717) is 12.3 Å². The number of hydrogen-bond donors (Lipinski definition) is 0. The van der Waals surface area contributed by atoms with E-state index in [0.717, 1.165) is 60.9 Å². The van der Waals surface area contributed by atoms with E-state index in [1.165, 1.54) is 12.1 Å². The van der Waals surface area contributed by atoms with Gasteiger partial charge in [-0.3, -0.25) is 9.69 Å². The van der Waals surface area contributed by atoms with Gasteiger partial charge in [-0.15, -0.1) is 0 Å². The molecule has 146 valence electrons. The van der Waals surface area contributed by atoms with E-state index in [2.05, 4.69) is 11.0 Å². The lowest BCUT2D eigenvalue weighted by Gasteiger charge is -2.32. The smallest absolute Gasteiger partial charge is 0.165 e. The summed E-state index contributed by atoms with van der Waals surface area (Å²) in [7, 11) is 2.00. The van der Waals surface area contributed by atoms with E-state index in [1.807, 2.05) is 48.1 Å². The van der Waals surface area contributed by atoms with Gasteiger partial charge in [0.05, 0.1) is 0 Å². The number of carbonyl (C=O) groups is 1. The largest absolute Gasteiger partial charge is 0.350 e. The number of rotatable bonds is 6. The van der Waals surface area contributed by atoms with Crippen LogP contribution in [0.4, 0.5) is 4.39 Å². The average Bonchev–Trinajstić information content (AvgIpc) is 3.06. The van der Waals surface area contributed by atoms with Crippen molar-refractivity contribution in [3.8, 4) is 0 Å². The highest BCUT2D eigenvalue weighted by molar-refractivity contribution is 6.08. The fourth-order valence-corrected chi connectivity index (χ4v) is 4.32. The van der Waals surface area contributed by atoms with Crippen LogP contribution in [-0.2, 0) is 13.6 Å². The van der Waals surface area contributed by atoms with Crippen LogP contribution >= 0.6 is 0 Å². The Kier molecular flexibility index (Phi) is 5.58.